The first-order chi connectivity index (χ1) is 17.1. The van der Waals surface area contributed by atoms with Gasteiger partial charge >= 0.3 is 0 Å². The number of aromatic nitrogens is 1. The highest BCUT2D eigenvalue weighted by Gasteiger charge is 2.38. The molecule has 1 aliphatic heterocycles. The molecule has 0 fully saturated rings. The predicted octanol–water partition coefficient (Wildman–Crippen LogP) is 6.41. The van der Waals surface area contributed by atoms with Crippen molar-refractivity contribution >= 4 is 27.9 Å². The Hall–Kier alpha value is -4.12. The molecule has 0 saturated carbocycles. The predicted molar refractivity (Wildman–Crippen MR) is 138 cm³/mol. The highest BCUT2D eigenvalue weighted by Crippen LogP contribution is 2.51. The number of rotatable bonds is 4. The Balaban J connectivity index is 1.56. The van der Waals surface area contributed by atoms with Gasteiger partial charge < -0.3 is 15.2 Å². The Morgan fingerprint density at radius 3 is 2.69 bits per heavy atom. The second kappa shape index (κ2) is 8.58. The average molecular weight is 463 g/mol. The number of anilines is 1. The number of nitrogens with zero attached hydrogens (tertiary/aromatic N) is 1. The van der Waals surface area contributed by atoms with Crippen molar-refractivity contribution in [1.29, 1.82) is 0 Å². The first-order valence-corrected chi connectivity index (χ1v) is 12.1. The largest absolute Gasteiger partial charge is 0.504 e. The minimum absolute atomic E-state index is 0.0946. The molecule has 0 unspecified atom stereocenters. The number of pyridine rings is 1. The molecule has 174 valence electrons. The summed E-state index contributed by atoms with van der Waals surface area (Å²) in [5.41, 5.74) is 6.93. The van der Waals surface area contributed by atoms with Crippen molar-refractivity contribution in [2.45, 2.75) is 31.7 Å². The molecule has 35 heavy (non-hydrogen) atoms. The van der Waals surface area contributed by atoms with Crippen molar-refractivity contribution in [3.8, 4) is 11.5 Å². The molecule has 5 heteroatoms. The summed E-state index contributed by atoms with van der Waals surface area (Å²) < 4.78 is 5.65. The molecule has 1 aromatic heterocycles. The van der Waals surface area contributed by atoms with Gasteiger partial charge in [0.2, 0.25) is 0 Å². The Bertz CT molecular complexity index is 1480. The fourth-order valence-electron chi connectivity index (χ4n) is 5.52. The average Bonchev–Trinajstić information content (AvgIpc) is 2.89. The lowest BCUT2D eigenvalue weighted by Crippen LogP contribution is -2.29. The van der Waals surface area contributed by atoms with Crippen LogP contribution >= 0.6 is 0 Å². The van der Waals surface area contributed by atoms with E-state index in [1.54, 1.807) is 12.3 Å². The number of hydrogen-bond acceptors (Lipinski definition) is 5. The van der Waals surface area contributed by atoms with Gasteiger partial charge in [-0.05, 0) is 66.3 Å². The SMILES string of the molecule is CCOc1cc([C@@H]2Nc3ccc4ncccc4c3C3=C2C(=O)C[C@@H](c2ccccc2)C3)ccc1O. The maximum atomic E-state index is 13.8. The monoisotopic (exact) mass is 462 g/mol. The van der Waals surface area contributed by atoms with E-state index in [1.807, 2.05) is 49.4 Å². The van der Waals surface area contributed by atoms with E-state index in [9.17, 15) is 9.90 Å². The van der Waals surface area contributed by atoms with Crippen LogP contribution in [0.25, 0.3) is 16.5 Å². The number of carbonyl (C=O) groups excluding carboxylic acids is 1. The molecule has 2 heterocycles. The van der Waals surface area contributed by atoms with Crippen LogP contribution in [0, 0.1) is 0 Å². The number of ketones is 1. The third kappa shape index (κ3) is 3.64. The first-order valence-electron chi connectivity index (χ1n) is 12.1. The van der Waals surface area contributed by atoms with Crippen molar-refractivity contribution in [3.63, 3.8) is 0 Å². The van der Waals surface area contributed by atoms with E-state index in [0.29, 0.717) is 18.8 Å². The van der Waals surface area contributed by atoms with E-state index in [2.05, 4.69) is 34.6 Å². The number of phenolic OH excluding ortho intramolecular Hbond substituents is 1. The summed E-state index contributed by atoms with van der Waals surface area (Å²) in [4.78, 5) is 18.4. The van der Waals surface area contributed by atoms with Crippen LogP contribution in [0.15, 0.2) is 84.6 Å². The molecule has 0 amide bonds. The number of aromatic hydroxyl groups is 1. The molecule has 6 rings (SSSR count). The van der Waals surface area contributed by atoms with Gasteiger partial charge in [0.05, 0.1) is 18.2 Å². The van der Waals surface area contributed by atoms with Crippen LogP contribution in [0.4, 0.5) is 5.69 Å². The number of fused-ring (bicyclic) bond motifs is 4. The molecular weight excluding hydrogens is 436 g/mol. The quantitative estimate of drug-likeness (QED) is 0.367. The number of carbonyl (C=O) groups is 1. The molecular formula is C30H26N2O3. The summed E-state index contributed by atoms with van der Waals surface area (Å²) >= 11 is 0. The van der Waals surface area contributed by atoms with Crippen LogP contribution in [-0.2, 0) is 4.79 Å². The van der Waals surface area contributed by atoms with Crippen molar-refractivity contribution in [1.82, 2.24) is 4.98 Å². The van der Waals surface area contributed by atoms with Crippen molar-refractivity contribution in [3.05, 3.63) is 101 Å². The number of allylic oxidation sites excluding steroid dienone is 1. The lowest BCUT2D eigenvalue weighted by Gasteiger charge is -2.37. The normalized spacial score (nSPS) is 19.2. The van der Waals surface area contributed by atoms with Crippen LogP contribution in [0.3, 0.4) is 0 Å². The molecule has 3 aromatic carbocycles. The zero-order chi connectivity index (χ0) is 23.9. The highest BCUT2D eigenvalue weighted by atomic mass is 16.5. The van der Waals surface area contributed by atoms with E-state index in [0.717, 1.165) is 45.3 Å². The minimum Gasteiger partial charge on any atom is -0.504 e. The lowest BCUT2D eigenvalue weighted by atomic mass is 9.72. The third-order valence-corrected chi connectivity index (χ3v) is 7.07. The molecule has 1 aliphatic carbocycles. The van der Waals surface area contributed by atoms with Gasteiger partial charge in [-0.2, -0.15) is 0 Å². The van der Waals surface area contributed by atoms with Gasteiger partial charge in [-0.3, -0.25) is 9.78 Å². The molecule has 0 spiro atoms. The maximum absolute atomic E-state index is 13.8. The Kier molecular flexibility index (Phi) is 5.25. The van der Waals surface area contributed by atoms with Gasteiger partial charge in [0.1, 0.15) is 0 Å². The molecule has 0 radical (unpaired) electrons. The highest BCUT2D eigenvalue weighted by molar-refractivity contribution is 6.12. The van der Waals surface area contributed by atoms with Gasteiger partial charge in [0.15, 0.2) is 17.3 Å². The fourth-order valence-corrected chi connectivity index (χ4v) is 5.52. The maximum Gasteiger partial charge on any atom is 0.162 e. The number of nitrogens with one attached hydrogen (secondary N) is 1. The van der Waals surface area contributed by atoms with E-state index in [1.165, 1.54) is 5.56 Å². The zero-order valence-electron chi connectivity index (χ0n) is 19.5. The Morgan fingerprint density at radius 2 is 1.86 bits per heavy atom. The van der Waals surface area contributed by atoms with Crippen LogP contribution in [0.1, 0.15) is 48.4 Å². The van der Waals surface area contributed by atoms with Gasteiger partial charge in [-0.25, -0.2) is 0 Å². The molecule has 0 bridgehead atoms. The Labute approximate surface area is 204 Å². The van der Waals surface area contributed by atoms with Crippen molar-refractivity contribution in [2.75, 3.05) is 11.9 Å². The van der Waals surface area contributed by atoms with Crippen LogP contribution in [-0.4, -0.2) is 22.5 Å². The van der Waals surface area contributed by atoms with E-state index in [-0.39, 0.29) is 23.5 Å². The summed E-state index contributed by atoms with van der Waals surface area (Å²) in [7, 11) is 0. The molecule has 2 N–H and O–H groups in total. The van der Waals surface area contributed by atoms with Gasteiger partial charge in [0, 0.05) is 34.8 Å². The first kappa shape index (κ1) is 21.4. The molecule has 0 saturated heterocycles. The number of Topliss-reactive ketones (excluding diaryl/α,β-unsaturated/α-hetero) is 1. The van der Waals surface area contributed by atoms with Crippen LogP contribution < -0.4 is 10.1 Å². The summed E-state index contributed by atoms with van der Waals surface area (Å²) in [5, 5.41) is 14.9. The van der Waals surface area contributed by atoms with Gasteiger partial charge in [-0.15, -0.1) is 0 Å². The van der Waals surface area contributed by atoms with E-state index in [4.69, 9.17) is 4.74 Å². The molecule has 2 aliphatic rings. The van der Waals surface area contributed by atoms with Gasteiger partial charge in [-0.1, -0.05) is 42.5 Å². The number of ether oxygens (including phenoxy) is 1. The van der Waals surface area contributed by atoms with E-state index < -0.39 is 0 Å². The fraction of sp³-hybridized carbons (Fsp3) is 0.200. The van der Waals surface area contributed by atoms with Gasteiger partial charge in [0.25, 0.3) is 0 Å². The lowest BCUT2D eigenvalue weighted by molar-refractivity contribution is -0.116. The molecule has 5 nitrogen and oxygen atoms in total. The standard InChI is InChI=1S/C30H26N2O3/c1-2-35-27-17-19(10-13-25(27)33)30-29-22(15-20(16-26(29)34)18-7-4-3-5-8-18)28-21-9-6-14-31-23(21)11-12-24(28)32-30/h3-14,17,20,30,32-33H,2,15-16H2,1H3/t20-,30-/m0/s1. The second-order valence-corrected chi connectivity index (χ2v) is 9.13. The van der Waals surface area contributed by atoms with Crippen molar-refractivity contribution in [2.24, 2.45) is 0 Å². The number of phenols is 1. The Morgan fingerprint density at radius 1 is 1.00 bits per heavy atom. The smallest absolute Gasteiger partial charge is 0.162 e. The van der Waals surface area contributed by atoms with Crippen LogP contribution in [0.5, 0.6) is 11.5 Å². The zero-order valence-corrected chi connectivity index (χ0v) is 19.5. The number of hydrogen-bond donors (Lipinski definition) is 2. The summed E-state index contributed by atoms with van der Waals surface area (Å²) in [6.45, 7) is 2.33. The summed E-state index contributed by atoms with van der Waals surface area (Å²) in [6, 6.07) is 23.4. The number of benzene rings is 3. The van der Waals surface area contributed by atoms with Crippen molar-refractivity contribution < 1.29 is 14.6 Å². The second-order valence-electron chi connectivity index (χ2n) is 9.13. The topological polar surface area (TPSA) is 71.5 Å². The summed E-state index contributed by atoms with van der Waals surface area (Å²) in [5.74, 6) is 0.792. The minimum atomic E-state index is -0.323. The third-order valence-electron chi connectivity index (χ3n) is 7.07. The molecule has 4 aromatic rings. The van der Waals surface area contributed by atoms with E-state index >= 15 is 0 Å². The summed E-state index contributed by atoms with van der Waals surface area (Å²) in [6.07, 6.45) is 3.05. The van der Waals surface area contributed by atoms with Crippen LogP contribution in [0.2, 0.25) is 0 Å². The molecule has 2 atom stereocenters.